The van der Waals surface area contributed by atoms with Crippen LogP contribution in [-0.4, -0.2) is 13.0 Å². The van der Waals surface area contributed by atoms with Gasteiger partial charge in [0.1, 0.15) is 0 Å². The Labute approximate surface area is 104 Å². The predicted octanol–water partition coefficient (Wildman–Crippen LogP) is 2.78. The van der Waals surface area contributed by atoms with Crippen LogP contribution in [0.25, 0.3) is 0 Å². The third-order valence-electron chi connectivity index (χ3n) is 3.00. The van der Waals surface area contributed by atoms with Gasteiger partial charge in [-0.25, -0.2) is 0 Å². The highest BCUT2D eigenvalue weighted by Crippen LogP contribution is 2.17. The van der Waals surface area contributed by atoms with Gasteiger partial charge in [0.05, 0.1) is 0 Å². The Morgan fingerprint density at radius 3 is 2.47 bits per heavy atom. The van der Waals surface area contributed by atoms with Gasteiger partial charge in [0, 0.05) is 18.2 Å². The van der Waals surface area contributed by atoms with Crippen LogP contribution in [0.3, 0.4) is 0 Å². The van der Waals surface area contributed by atoms with Gasteiger partial charge in [-0.15, -0.1) is 0 Å². The molecular formula is C14H22N2O. The average Bonchev–Trinajstić information content (AvgIpc) is 2.33. The lowest BCUT2D eigenvalue weighted by Crippen LogP contribution is -2.22. The van der Waals surface area contributed by atoms with Crippen LogP contribution < -0.4 is 10.6 Å². The minimum absolute atomic E-state index is 0.109. The molecule has 0 unspecified atom stereocenters. The van der Waals surface area contributed by atoms with Crippen molar-refractivity contribution in [1.82, 2.24) is 5.32 Å². The van der Waals surface area contributed by atoms with Crippen LogP contribution in [0.1, 0.15) is 32.3 Å². The monoisotopic (exact) mass is 234 g/mol. The molecule has 0 radical (unpaired) electrons. The summed E-state index contributed by atoms with van der Waals surface area (Å²) in [4.78, 5) is 12.0. The highest BCUT2D eigenvalue weighted by Gasteiger charge is 2.14. The molecule has 0 fully saturated rings. The first-order valence-corrected chi connectivity index (χ1v) is 6.26. The largest absolute Gasteiger partial charge is 0.326 e. The zero-order chi connectivity index (χ0) is 12.7. The third-order valence-corrected chi connectivity index (χ3v) is 3.00. The lowest BCUT2D eigenvalue weighted by Gasteiger charge is -2.15. The van der Waals surface area contributed by atoms with E-state index in [2.05, 4.69) is 10.6 Å². The van der Waals surface area contributed by atoms with Crippen LogP contribution in [0.5, 0.6) is 0 Å². The summed E-state index contributed by atoms with van der Waals surface area (Å²) in [6, 6.07) is 7.91. The Morgan fingerprint density at radius 1 is 1.24 bits per heavy atom. The van der Waals surface area contributed by atoms with Crippen molar-refractivity contribution in [3.05, 3.63) is 29.8 Å². The molecule has 0 bridgehead atoms. The normalized spacial score (nSPS) is 10.6. The van der Waals surface area contributed by atoms with E-state index in [0.29, 0.717) is 0 Å². The van der Waals surface area contributed by atoms with E-state index < -0.39 is 0 Å². The molecular weight excluding hydrogens is 212 g/mol. The molecule has 0 saturated heterocycles. The lowest BCUT2D eigenvalue weighted by molar-refractivity contribution is -0.120. The van der Waals surface area contributed by atoms with E-state index in [9.17, 15) is 4.79 Å². The van der Waals surface area contributed by atoms with Gasteiger partial charge in [-0.05, 0) is 31.5 Å². The molecule has 3 heteroatoms. The maximum Gasteiger partial charge on any atom is 0.227 e. The number of rotatable bonds is 6. The molecule has 0 heterocycles. The first kappa shape index (κ1) is 13.7. The molecule has 0 aliphatic heterocycles. The van der Waals surface area contributed by atoms with Crippen LogP contribution in [0.4, 0.5) is 5.69 Å². The molecule has 2 N–H and O–H groups in total. The molecule has 1 amide bonds. The summed E-state index contributed by atoms with van der Waals surface area (Å²) in [7, 11) is 1.90. The Hall–Kier alpha value is -1.35. The van der Waals surface area contributed by atoms with Gasteiger partial charge in [-0.1, -0.05) is 32.0 Å². The summed E-state index contributed by atoms with van der Waals surface area (Å²) in [5.41, 5.74) is 2.04. The van der Waals surface area contributed by atoms with Crippen LogP contribution in [0.15, 0.2) is 24.3 Å². The summed E-state index contributed by atoms with van der Waals surface area (Å²) >= 11 is 0. The van der Waals surface area contributed by atoms with Gasteiger partial charge < -0.3 is 10.6 Å². The van der Waals surface area contributed by atoms with Gasteiger partial charge in [0.15, 0.2) is 0 Å². The van der Waals surface area contributed by atoms with Gasteiger partial charge in [0.2, 0.25) is 5.91 Å². The van der Waals surface area contributed by atoms with Crippen molar-refractivity contribution in [1.29, 1.82) is 0 Å². The molecule has 0 spiro atoms. The topological polar surface area (TPSA) is 41.1 Å². The third kappa shape index (κ3) is 3.86. The van der Waals surface area contributed by atoms with Crippen LogP contribution >= 0.6 is 0 Å². The fourth-order valence-electron chi connectivity index (χ4n) is 1.88. The maximum absolute atomic E-state index is 12.0. The molecule has 0 aromatic heterocycles. The number of hydrogen-bond acceptors (Lipinski definition) is 2. The molecule has 0 atom stereocenters. The SMILES string of the molecule is CCC(CC)C(=O)Nc1ccccc1CNC. The van der Waals surface area contributed by atoms with E-state index in [0.717, 1.165) is 30.6 Å². The standard InChI is InChI=1S/C14H22N2O/c1-4-11(5-2)14(17)16-13-9-7-6-8-12(13)10-15-3/h6-9,11,15H,4-5,10H2,1-3H3,(H,16,17). The van der Waals surface area contributed by atoms with Crippen LogP contribution in [0, 0.1) is 5.92 Å². The fraction of sp³-hybridized carbons (Fsp3) is 0.500. The van der Waals surface area contributed by atoms with Crippen molar-refractivity contribution in [3.63, 3.8) is 0 Å². The highest BCUT2D eigenvalue weighted by atomic mass is 16.1. The molecule has 3 nitrogen and oxygen atoms in total. The van der Waals surface area contributed by atoms with Crippen molar-refractivity contribution >= 4 is 11.6 Å². The van der Waals surface area contributed by atoms with E-state index >= 15 is 0 Å². The molecule has 0 saturated carbocycles. The molecule has 1 aromatic carbocycles. The number of carbonyl (C=O) groups is 1. The number of para-hydroxylation sites is 1. The van der Waals surface area contributed by atoms with Gasteiger partial charge in [0.25, 0.3) is 0 Å². The molecule has 94 valence electrons. The van der Waals surface area contributed by atoms with Crippen LogP contribution in [-0.2, 0) is 11.3 Å². The summed E-state index contributed by atoms with van der Waals surface area (Å²) in [6.45, 7) is 4.86. The molecule has 0 aliphatic rings. The first-order chi connectivity index (χ1) is 8.22. The summed E-state index contributed by atoms with van der Waals surface area (Å²) in [6.07, 6.45) is 1.77. The predicted molar refractivity (Wildman–Crippen MR) is 71.9 cm³/mol. The minimum Gasteiger partial charge on any atom is -0.326 e. The summed E-state index contributed by atoms with van der Waals surface area (Å²) in [5.74, 6) is 0.233. The van der Waals surface area contributed by atoms with Crippen molar-refractivity contribution in [3.8, 4) is 0 Å². The van der Waals surface area contributed by atoms with Gasteiger partial charge in [-0.3, -0.25) is 4.79 Å². The Morgan fingerprint density at radius 2 is 1.88 bits per heavy atom. The van der Waals surface area contributed by atoms with Gasteiger partial charge >= 0.3 is 0 Å². The van der Waals surface area contributed by atoms with Crippen molar-refractivity contribution in [2.75, 3.05) is 12.4 Å². The van der Waals surface area contributed by atoms with E-state index in [1.165, 1.54) is 0 Å². The smallest absolute Gasteiger partial charge is 0.227 e. The zero-order valence-corrected chi connectivity index (χ0v) is 10.9. The number of nitrogens with one attached hydrogen (secondary N) is 2. The van der Waals surface area contributed by atoms with E-state index in [1.807, 2.05) is 45.2 Å². The summed E-state index contributed by atoms with van der Waals surface area (Å²) in [5, 5.41) is 6.12. The van der Waals surface area contributed by atoms with E-state index in [4.69, 9.17) is 0 Å². The van der Waals surface area contributed by atoms with Crippen LogP contribution in [0.2, 0.25) is 0 Å². The molecule has 17 heavy (non-hydrogen) atoms. The Balaban J connectivity index is 2.76. The Bertz CT molecular complexity index is 359. The van der Waals surface area contributed by atoms with Gasteiger partial charge in [-0.2, -0.15) is 0 Å². The number of anilines is 1. The number of benzene rings is 1. The van der Waals surface area contributed by atoms with E-state index in [1.54, 1.807) is 0 Å². The second-order valence-corrected chi connectivity index (χ2v) is 4.19. The molecule has 0 aliphatic carbocycles. The number of amides is 1. The first-order valence-electron chi connectivity index (χ1n) is 6.26. The second-order valence-electron chi connectivity index (χ2n) is 4.19. The summed E-state index contributed by atoms with van der Waals surface area (Å²) < 4.78 is 0. The Kier molecular flexibility index (Phi) is 5.70. The van der Waals surface area contributed by atoms with Crippen molar-refractivity contribution in [2.24, 2.45) is 5.92 Å². The molecule has 1 aromatic rings. The minimum atomic E-state index is 0.109. The lowest BCUT2D eigenvalue weighted by atomic mass is 10.0. The second kappa shape index (κ2) is 7.07. The molecule has 1 rings (SSSR count). The maximum atomic E-state index is 12.0. The van der Waals surface area contributed by atoms with Crippen molar-refractivity contribution < 1.29 is 4.79 Å². The number of carbonyl (C=O) groups excluding carboxylic acids is 1. The zero-order valence-electron chi connectivity index (χ0n) is 10.9. The van der Waals surface area contributed by atoms with E-state index in [-0.39, 0.29) is 11.8 Å². The highest BCUT2D eigenvalue weighted by molar-refractivity contribution is 5.93. The fourth-order valence-corrected chi connectivity index (χ4v) is 1.88. The average molecular weight is 234 g/mol. The van der Waals surface area contributed by atoms with Crippen molar-refractivity contribution in [2.45, 2.75) is 33.2 Å². The quantitative estimate of drug-likeness (QED) is 0.794. The number of hydrogen-bond donors (Lipinski definition) is 2.